The van der Waals surface area contributed by atoms with Gasteiger partial charge >= 0.3 is 5.97 Å². The van der Waals surface area contributed by atoms with Crippen molar-refractivity contribution in [3.8, 4) is 39.5 Å². The zero-order chi connectivity index (χ0) is 37.5. The molecule has 0 spiro atoms. The molecule has 9 heteroatoms. The molecule has 9 nitrogen and oxygen atoms in total. The number of phenolic OH excluding ortho intramolecular Hbond substituents is 2. The fraction of sp³-hybridized carbons (Fsp3) is 0.233. The highest BCUT2D eigenvalue weighted by molar-refractivity contribution is 5.95. The van der Waals surface area contributed by atoms with Gasteiger partial charge in [0.05, 0.1) is 0 Å². The molecule has 3 N–H and O–H groups in total. The standard InChI is InChI=1S/C43H44N2O7/c1-6-44(42(50)30-14-10-8-11-15-30)24-32-18-27(3)20-34(39(32)48)36-22-29(5)23-37(41(36)52-26-38(46)47)35-21-28(4)19-33(40(35)49)25-45(7-2)43(51)31-16-12-9-13-17-31/h8-23,48-49H,6-7,24-26H2,1-5H3,(H,46,47). The van der Waals surface area contributed by atoms with E-state index in [1.54, 1.807) is 82.6 Å². The number of benzene rings is 5. The quantitative estimate of drug-likeness (QED) is 0.113. The summed E-state index contributed by atoms with van der Waals surface area (Å²) in [6, 6.07) is 28.7. The van der Waals surface area contributed by atoms with Crippen LogP contribution in [0.15, 0.2) is 97.1 Å². The number of carboxylic acids is 1. The smallest absolute Gasteiger partial charge is 0.341 e. The van der Waals surface area contributed by atoms with Gasteiger partial charge in [0.2, 0.25) is 0 Å². The predicted octanol–water partition coefficient (Wildman–Crippen LogP) is 8.15. The van der Waals surface area contributed by atoms with Crippen LogP contribution >= 0.6 is 0 Å². The fourth-order valence-electron chi connectivity index (χ4n) is 6.41. The van der Waals surface area contributed by atoms with Crippen LogP contribution in [0.4, 0.5) is 0 Å². The minimum absolute atomic E-state index is 0.0752. The van der Waals surface area contributed by atoms with Crippen LogP contribution in [0.25, 0.3) is 22.3 Å². The molecule has 0 radical (unpaired) electrons. The molecular formula is C43H44N2O7. The average molecular weight is 701 g/mol. The average Bonchev–Trinajstić information content (AvgIpc) is 3.14. The van der Waals surface area contributed by atoms with Crippen molar-refractivity contribution in [1.82, 2.24) is 9.80 Å². The van der Waals surface area contributed by atoms with Crippen molar-refractivity contribution in [3.63, 3.8) is 0 Å². The number of amides is 2. The Hall–Kier alpha value is -6.09. The number of aliphatic carboxylic acids is 1. The van der Waals surface area contributed by atoms with Gasteiger partial charge in [0, 0.05) is 70.7 Å². The third-order valence-electron chi connectivity index (χ3n) is 8.92. The van der Waals surface area contributed by atoms with E-state index in [1.807, 2.05) is 58.9 Å². The number of hydrogen-bond donors (Lipinski definition) is 3. The summed E-state index contributed by atoms with van der Waals surface area (Å²) in [7, 11) is 0. The Morgan fingerprint density at radius 2 is 0.942 bits per heavy atom. The van der Waals surface area contributed by atoms with Crippen LogP contribution in [0.1, 0.15) is 62.4 Å². The molecule has 0 saturated carbocycles. The first kappa shape index (κ1) is 37.2. The van der Waals surface area contributed by atoms with Crippen LogP contribution in [0.5, 0.6) is 17.2 Å². The molecule has 0 heterocycles. The highest BCUT2D eigenvalue weighted by Crippen LogP contribution is 2.47. The molecule has 52 heavy (non-hydrogen) atoms. The van der Waals surface area contributed by atoms with Gasteiger partial charge in [0.1, 0.15) is 17.2 Å². The van der Waals surface area contributed by atoms with E-state index in [-0.39, 0.29) is 42.2 Å². The summed E-state index contributed by atoms with van der Waals surface area (Å²) in [6.45, 7) is 9.77. The molecule has 0 fully saturated rings. The van der Waals surface area contributed by atoms with E-state index in [0.29, 0.717) is 57.6 Å². The van der Waals surface area contributed by atoms with Crippen LogP contribution in [0.2, 0.25) is 0 Å². The summed E-state index contributed by atoms with van der Waals surface area (Å²) in [5.74, 6) is -1.54. The number of ether oxygens (including phenoxy) is 1. The molecule has 0 aliphatic rings. The fourth-order valence-corrected chi connectivity index (χ4v) is 6.41. The van der Waals surface area contributed by atoms with Crippen LogP contribution in [-0.2, 0) is 17.9 Å². The Morgan fingerprint density at radius 1 is 0.577 bits per heavy atom. The lowest BCUT2D eigenvalue weighted by Gasteiger charge is -2.24. The van der Waals surface area contributed by atoms with Crippen molar-refractivity contribution >= 4 is 17.8 Å². The number of carbonyl (C=O) groups excluding carboxylic acids is 2. The SMILES string of the molecule is CCN(Cc1cc(C)cc(-c2cc(C)cc(-c3cc(C)cc(CN(CC)C(=O)c4ccccc4)c3O)c2OCC(=O)O)c1O)C(=O)c1ccccc1. The molecule has 268 valence electrons. The Balaban J connectivity index is 1.62. The second kappa shape index (κ2) is 16.3. The summed E-state index contributed by atoms with van der Waals surface area (Å²) in [5, 5.41) is 33.4. The molecule has 0 atom stereocenters. The van der Waals surface area contributed by atoms with E-state index in [2.05, 4.69) is 0 Å². The maximum absolute atomic E-state index is 13.4. The number of phenols is 2. The topological polar surface area (TPSA) is 128 Å². The summed E-state index contributed by atoms with van der Waals surface area (Å²) in [5.41, 5.74) is 6.10. The summed E-state index contributed by atoms with van der Waals surface area (Å²) >= 11 is 0. The minimum Gasteiger partial charge on any atom is -0.507 e. The molecule has 0 aliphatic heterocycles. The Bertz CT molecular complexity index is 1960. The van der Waals surface area contributed by atoms with E-state index in [0.717, 1.165) is 16.7 Å². The highest BCUT2D eigenvalue weighted by atomic mass is 16.5. The van der Waals surface area contributed by atoms with Crippen molar-refractivity contribution in [2.45, 2.75) is 47.7 Å². The Labute approximate surface area is 304 Å². The first-order valence-corrected chi connectivity index (χ1v) is 17.2. The molecule has 5 rings (SSSR count). The number of aromatic hydroxyl groups is 2. The highest BCUT2D eigenvalue weighted by Gasteiger charge is 2.25. The number of carboxylic acid groups (broad SMARTS) is 1. The van der Waals surface area contributed by atoms with E-state index >= 15 is 0 Å². The first-order valence-electron chi connectivity index (χ1n) is 17.2. The van der Waals surface area contributed by atoms with Gasteiger partial charge in [-0.15, -0.1) is 0 Å². The van der Waals surface area contributed by atoms with Crippen molar-refractivity contribution in [3.05, 3.63) is 136 Å². The molecule has 0 aliphatic carbocycles. The van der Waals surface area contributed by atoms with Gasteiger partial charge in [0.15, 0.2) is 6.61 Å². The maximum Gasteiger partial charge on any atom is 0.341 e. The first-order chi connectivity index (χ1) is 24.9. The number of hydrogen-bond acceptors (Lipinski definition) is 6. The van der Waals surface area contributed by atoms with Crippen molar-refractivity contribution < 1.29 is 34.4 Å². The molecule has 5 aromatic carbocycles. The lowest BCUT2D eigenvalue weighted by Crippen LogP contribution is -2.30. The number of aryl methyl sites for hydroxylation is 3. The lowest BCUT2D eigenvalue weighted by atomic mass is 9.90. The predicted molar refractivity (Wildman–Crippen MR) is 202 cm³/mol. The molecule has 0 unspecified atom stereocenters. The molecule has 0 bridgehead atoms. The van der Waals surface area contributed by atoms with Gasteiger partial charge in [-0.2, -0.15) is 0 Å². The van der Waals surface area contributed by atoms with Gasteiger partial charge < -0.3 is 29.9 Å². The monoisotopic (exact) mass is 700 g/mol. The summed E-state index contributed by atoms with van der Waals surface area (Å²) in [6.07, 6.45) is 0. The van der Waals surface area contributed by atoms with E-state index < -0.39 is 12.6 Å². The van der Waals surface area contributed by atoms with Gasteiger partial charge in [-0.1, -0.05) is 48.5 Å². The zero-order valence-electron chi connectivity index (χ0n) is 30.1. The summed E-state index contributed by atoms with van der Waals surface area (Å²) < 4.78 is 6.01. The zero-order valence-corrected chi connectivity index (χ0v) is 30.1. The maximum atomic E-state index is 13.4. The van der Waals surface area contributed by atoms with Gasteiger partial charge in [-0.25, -0.2) is 4.79 Å². The lowest BCUT2D eigenvalue weighted by molar-refractivity contribution is -0.139. The van der Waals surface area contributed by atoms with E-state index in [9.17, 15) is 29.7 Å². The molecule has 2 amide bonds. The third-order valence-corrected chi connectivity index (χ3v) is 8.92. The van der Waals surface area contributed by atoms with Crippen molar-refractivity contribution in [2.24, 2.45) is 0 Å². The normalized spacial score (nSPS) is 10.9. The minimum atomic E-state index is -1.20. The van der Waals surface area contributed by atoms with Gasteiger partial charge in [-0.3, -0.25) is 9.59 Å². The number of nitrogens with zero attached hydrogens (tertiary/aromatic N) is 2. The van der Waals surface area contributed by atoms with E-state index in [1.165, 1.54) is 0 Å². The van der Waals surface area contributed by atoms with Crippen LogP contribution < -0.4 is 4.74 Å². The van der Waals surface area contributed by atoms with Crippen LogP contribution in [-0.4, -0.2) is 62.6 Å². The van der Waals surface area contributed by atoms with Crippen LogP contribution in [0.3, 0.4) is 0 Å². The van der Waals surface area contributed by atoms with Crippen molar-refractivity contribution in [2.75, 3.05) is 19.7 Å². The molecular weight excluding hydrogens is 656 g/mol. The van der Waals surface area contributed by atoms with E-state index in [4.69, 9.17) is 4.74 Å². The Morgan fingerprint density at radius 3 is 1.31 bits per heavy atom. The van der Waals surface area contributed by atoms with Gasteiger partial charge in [0.25, 0.3) is 11.8 Å². The second-order valence-corrected chi connectivity index (χ2v) is 12.9. The third kappa shape index (κ3) is 8.26. The number of rotatable bonds is 13. The van der Waals surface area contributed by atoms with Crippen molar-refractivity contribution in [1.29, 1.82) is 0 Å². The largest absolute Gasteiger partial charge is 0.507 e. The number of carbonyl (C=O) groups is 3. The second-order valence-electron chi connectivity index (χ2n) is 12.9. The summed E-state index contributed by atoms with van der Waals surface area (Å²) in [4.78, 5) is 41.9. The van der Waals surface area contributed by atoms with Gasteiger partial charge in [-0.05, 0) is 99.8 Å². The molecule has 0 aromatic heterocycles. The Kier molecular flexibility index (Phi) is 11.6. The molecule has 0 saturated heterocycles. The molecule has 5 aromatic rings. The van der Waals surface area contributed by atoms with Crippen LogP contribution in [0, 0.1) is 20.8 Å².